The molecule has 0 radical (unpaired) electrons. The highest BCUT2D eigenvalue weighted by Crippen LogP contribution is 2.56. The average Bonchev–Trinajstić information content (AvgIpc) is 1.58. The van der Waals surface area contributed by atoms with Crippen LogP contribution in [0.4, 0.5) is 0 Å². The third kappa shape index (κ3) is 13.5. The summed E-state index contributed by atoms with van der Waals surface area (Å²) in [6, 6.07) is 131. The molecule has 0 bridgehead atoms. The maximum Gasteiger partial charge on any atom is -0.00201 e. The highest BCUT2D eigenvalue weighted by molar-refractivity contribution is 6.22. The lowest BCUT2D eigenvalue weighted by Crippen LogP contribution is -2.10. The van der Waals surface area contributed by atoms with E-state index in [-0.39, 0.29) is 16.2 Å². The van der Waals surface area contributed by atoms with Crippen molar-refractivity contribution in [2.24, 2.45) is 0 Å². The molecule has 0 saturated carbocycles. The fraction of sp³-hybridized carbons (Fsp3) is 0.143. The van der Waals surface area contributed by atoms with E-state index < -0.39 is 0 Å². The van der Waals surface area contributed by atoms with Gasteiger partial charge in [0.25, 0.3) is 0 Å². The van der Waals surface area contributed by atoms with Crippen LogP contribution in [0.5, 0.6) is 0 Å². The van der Waals surface area contributed by atoms with Crippen LogP contribution in [0.1, 0.15) is 107 Å². The first-order chi connectivity index (χ1) is 57.5. The van der Waals surface area contributed by atoms with Gasteiger partial charge in [0, 0.05) is 0 Å². The standard InChI is InChI=1S/C41H36.C40H34.C38H30/c1-25-22-26(2)39(27(3)23-25)29-16-14-28(15-17-29)31-10-7-8-11-32(31)33-20-21-37-34-19-18-30(41(4,5)6)24-38(34)36-13-9-12-35(33)40(36)37;1-25-23-37(26(2)22-36(25)27-12-7-6-8-13-27)30-15-10-9-14-29(30)31-20-21-35-32-19-18-28(40(3,4)5)24-38(32)34-17-11-16-33(31)39(34)35;1-38(2,3)28-19-20-32-35-22-21-31(33-17-10-18-34(37(33)35)36(32)24-28)30-16-8-7-15-29(30)27-14-9-13-26(23-27)25-11-5-4-6-12-25/h7-24H,1-6H3;6-24H,1-5H3;4-24H,1-3H3. The molecule has 18 aromatic rings. The monoisotopic (exact) mass is 1530 g/mol. The Labute approximate surface area is 703 Å². The van der Waals surface area contributed by atoms with Gasteiger partial charge in [-0.25, -0.2) is 0 Å². The van der Waals surface area contributed by atoms with E-state index in [1.807, 2.05) is 0 Å². The van der Waals surface area contributed by atoms with Gasteiger partial charge in [0.2, 0.25) is 0 Å². The van der Waals surface area contributed by atoms with Crippen LogP contribution in [0.15, 0.2) is 352 Å². The van der Waals surface area contributed by atoms with Crippen molar-refractivity contribution in [3.63, 3.8) is 0 Å². The quantitative estimate of drug-likeness (QED) is 0.135. The van der Waals surface area contributed by atoms with E-state index in [1.165, 1.54) is 244 Å². The van der Waals surface area contributed by atoms with Gasteiger partial charge >= 0.3 is 0 Å². The second kappa shape index (κ2) is 29.7. The van der Waals surface area contributed by atoms with Gasteiger partial charge < -0.3 is 0 Å². The fourth-order valence-corrected chi connectivity index (χ4v) is 19.6. The van der Waals surface area contributed by atoms with Crippen molar-refractivity contribution in [3.05, 3.63) is 396 Å². The first-order valence-electron chi connectivity index (χ1n) is 42.4. The minimum Gasteiger partial charge on any atom is -0.0622 e. The summed E-state index contributed by atoms with van der Waals surface area (Å²) in [6.45, 7) is 31.7. The highest BCUT2D eigenvalue weighted by atomic mass is 14.3. The number of rotatable bonds is 9. The first kappa shape index (κ1) is 75.8. The summed E-state index contributed by atoms with van der Waals surface area (Å²) >= 11 is 0. The minimum absolute atomic E-state index is 0.119. The van der Waals surface area contributed by atoms with Gasteiger partial charge in [0.1, 0.15) is 0 Å². The van der Waals surface area contributed by atoms with Crippen LogP contribution in [-0.4, -0.2) is 0 Å². The molecule has 119 heavy (non-hydrogen) atoms. The molecule has 0 amide bonds. The number of hydrogen-bond donors (Lipinski definition) is 0. The summed E-state index contributed by atoms with van der Waals surface area (Å²) < 4.78 is 0. The van der Waals surface area contributed by atoms with Gasteiger partial charge in [0.15, 0.2) is 0 Å². The van der Waals surface area contributed by atoms with Gasteiger partial charge in [-0.2, -0.15) is 0 Å². The molecule has 0 unspecified atom stereocenters. The van der Waals surface area contributed by atoms with E-state index in [0.717, 1.165) is 0 Å². The van der Waals surface area contributed by atoms with E-state index in [0.29, 0.717) is 0 Å². The lowest BCUT2D eigenvalue weighted by Gasteiger charge is -2.20. The molecular weight excluding hydrogens is 1430 g/mol. The molecule has 0 heterocycles. The summed E-state index contributed by atoms with van der Waals surface area (Å²) in [6.07, 6.45) is 0. The minimum atomic E-state index is 0.119. The summed E-state index contributed by atoms with van der Waals surface area (Å²) in [5.74, 6) is 0. The van der Waals surface area contributed by atoms with Crippen molar-refractivity contribution in [3.8, 4) is 167 Å². The molecule has 0 aromatic heterocycles. The van der Waals surface area contributed by atoms with Crippen LogP contribution >= 0.6 is 0 Å². The molecule has 576 valence electrons. The molecule has 0 heteroatoms. The molecule has 0 fully saturated rings. The van der Waals surface area contributed by atoms with Gasteiger partial charge in [0.05, 0.1) is 0 Å². The number of aryl methyl sites for hydroxylation is 5. The van der Waals surface area contributed by atoms with Crippen molar-refractivity contribution in [1.82, 2.24) is 0 Å². The second-order valence-electron chi connectivity index (χ2n) is 36.5. The predicted molar refractivity (Wildman–Crippen MR) is 514 cm³/mol. The summed E-state index contributed by atoms with van der Waals surface area (Å²) in [5.41, 5.74) is 50.3. The Hall–Kier alpha value is -13.3. The van der Waals surface area contributed by atoms with Gasteiger partial charge in [-0.05, 0) is 313 Å². The Morgan fingerprint density at radius 2 is 0.429 bits per heavy atom. The van der Waals surface area contributed by atoms with Crippen LogP contribution in [0, 0.1) is 34.6 Å². The van der Waals surface area contributed by atoms with Crippen molar-refractivity contribution < 1.29 is 0 Å². The van der Waals surface area contributed by atoms with Crippen LogP contribution in [0.25, 0.3) is 199 Å². The first-order valence-corrected chi connectivity index (χ1v) is 42.4. The Bertz CT molecular complexity index is 7070. The predicted octanol–water partition coefficient (Wildman–Crippen LogP) is 33.9. The second-order valence-corrected chi connectivity index (χ2v) is 36.5. The van der Waals surface area contributed by atoms with Gasteiger partial charge in [-0.3, -0.25) is 0 Å². The van der Waals surface area contributed by atoms with Gasteiger partial charge in [-0.15, -0.1) is 0 Å². The van der Waals surface area contributed by atoms with Crippen molar-refractivity contribution in [2.45, 2.75) is 113 Å². The number of benzene rings is 18. The molecular formula is C119H100. The molecule has 0 nitrogen and oxygen atoms in total. The van der Waals surface area contributed by atoms with Crippen molar-refractivity contribution in [1.29, 1.82) is 0 Å². The Balaban J connectivity index is 0.000000118. The highest BCUT2D eigenvalue weighted by Gasteiger charge is 2.31. The van der Waals surface area contributed by atoms with Crippen molar-refractivity contribution >= 4 is 32.3 Å². The zero-order chi connectivity index (χ0) is 81.9. The molecule has 0 saturated heterocycles. The molecule has 0 N–H and O–H groups in total. The Morgan fingerprint density at radius 3 is 0.849 bits per heavy atom. The third-order valence-electron chi connectivity index (χ3n) is 25.6. The van der Waals surface area contributed by atoms with Crippen LogP contribution in [0.3, 0.4) is 0 Å². The number of fused-ring (bicyclic) bond motifs is 9. The SMILES string of the molecule is CC(C)(C)c1ccc2c(c1)-c1cccc3c(-c4ccccc4-c4cccc(-c5ccccc5)c4)ccc-2c13.Cc1cc(-c2ccccc2-c2ccc3c4c(cccc24)-c2cc(C(C)(C)C)ccc2-3)c(C)cc1-c1ccccc1.Cc1cc(C)c(-c2ccc(-c3ccccc3-c3ccc4c5c(cccc35)-c3cc(C(C)(C)C)ccc3-4)cc2)c(C)c1. The lowest BCUT2D eigenvalue weighted by atomic mass is 9.85. The van der Waals surface area contributed by atoms with E-state index >= 15 is 0 Å². The zero-order valence-electron chi connectivity index (χ0n) is 71.0. The molecule has 21 rings (SSSR count). The summed E-state index contributed by atoms with van der Waals surface area (Å²) in [4.78, 5) is 0. The van der Waals surface area contributed by atoms with E-state index in [4.69, 9.17) is 0 Å². The normalized spacial score (nSPS) is 12.1. The maximum atomic E-state index is 2.41. The molecule has 0 spiro atoms. The Morgan fingerprint density at radius 1 is 0.151 bits per heavy atom. The summed E-state index contributed by atoms with van der Waals surface area (Å²) in [7, 11) is 0. The average molecular weight is 1530 g/mol. The maximum absolute atomic E-state index is 2.41. The van der Waals surface area contributed by atoms with E-state index in [2.05, 4.69) is 449 Å². The van der Waals surface area contributed by atoms with Crippen LogP contribution < -0.4 is 0 Å². The fourth-order valence-electron chi connectivity index (χ4n) is 19.6. The van der Waals surface area contributed by atoms with Crippen molar-refractivity contribution in [2.75, 3.05) is 0 Å². The Kier molecular flexibility index (Phi) is 18.9. The molecule has 3 aliphatic rings. The molecule has 0 atom stereocenters. The van der Waals surface area contributed by atoms with Crippen LogP contribution in [-0.2, 0) is 16.2 Å². The largest absolute Gasteiger partial charge is 0.0622 e. The zero-order valence-corrected chi connectivity index (χ0v) is 71.0. The smallest absolute Gasteiger partial charge is 0.00201 e. The molecule has 18 aromatic carbocycles. The van der Waals surface area contributed by atoms with E-state index in [1.54, 1.807) is 0 Å². The molecule has 3 aliphatic carbocycles. The summed E-state index contributed by atoms with van der Waals surface area (Å²) in [5, 5.41) is 8.10. The van der Waals surface area contributed by atoms with Crippen LogP contribution in [0.2, 0.25) is 0 Å². The van der Waals surface area contributed by atoms with E-state index in [9.17, 15) is 0 Å². The third-order valence-corrected chi connectivity index (χ3v) is 25.6. The lowest BCUT2D eigenvalue weighted by molar-refractivity contribution is 0.590. The topological polar surface area (TPSA) is 0 Å². The number of hydrogen-bond acceptors (Lipinski definition) is 0. The molecule has 0 aliphatic heterocycles. The van der Waals surface area contributed by atoms with Gasteiger partial charge in [-0.1, -0.05) is 395 Å².